The summed E-state index contributed by atoms with van der Waals surface area (Å²) in [5.74, 6) is -0.763. The van der Waals surface area contributed by atoms with Gasteiger partial charge in [0, 0.05) is 17.5 Å². The van der Waals surface area contributed by atoms with Gasteiger partial charge in [-0.05, 0) is 27.3 Å². The molecule has 0 aromatic rings. The van der Waals surface area contributed by atoms with Crippen molar-refractivity contribution in [2.45, 2.75) is 60.0 Å². The minimum absolute atomic E-state index is 0.0454. The molecule has 0 aliphatic rings. The number of carboxylic acid groups (broad SMARTS) is 1. The number of hydrogen-bond acceptors (Lipinski definition) is 4. The molecule has 1 unspecified atom stereocenters. The van der Waals surface area contributed by atoms with Gasteiger partial charge < -0.3 is 10.4 Å². The van der Waals surface area contributed by atoms with Crippen molar-refractivity contribution >= 4 is 11.8 Å². The number of hydrogen-bond donors (Lipinski definition) is 2. The number of rotatable bonds is 7. The number of ketones is 1. The van der Waals surface area contributed by atoms with Crippen LogP contribution in [0.1, 0.15) is 48.5 Å². The van der Waals surface area contributed by atoms with Crippen LogP contribution in [0.2, 0.25) is 0 Å². The Morgan fingerprint density at radius 1 is 1.15 bits per heavy atom. The zero-order valence-electron chi connectivity index (χ0n) is 13.9. The molecule has 0 spiro atoms. The number of likely N-dealkylation sites (N-methyl/N-ethyl adjacent to an activating group) is 1. The fraction of sp³-hybridized carbons (Fsp3) is 0.867. The molecule has 0 fully saturated rings. The van der Waals surface area contributed by atoms with Crippen molar-refractivity contribution in [3.63, 3.8) is 0 Å². The highest BCUT2D eigenvalue weighted by Crippen LogP contribution is 2.19. The van der Waals surface area contributed by atoms with E-state index in [1.807, 2.05) is 48.5 Å². The van der Waals surface area contributed by atoms with Gasteiger partial charge in [0.05, 0.1) is 12.6 Å². The van der Waals surface area contributed by atoms with E-state index in [4.69, 9.17) is 5.11 Å². The third-order valence-electron chi connectivity index (χ3n) is 2.91. The van der Waals surface area contributed by atoms with Crippen LogP contribution in [-0.4, -0.2) is 53.0 Å². The maximum atomic E-state index is 12.5. The Morgan fingerprint density at radius 2 is 1.65 bits per heavy atom. The Morgan fingerprint density at radius 3 is 1.95 bits per heavy atom. The fourth-order valence-electron chi connectivity index (χ4n) is 1.99. The second-order valence-corrected chi connectivity index (χ2v) is 7.28. The van der Waals surface area contributed by atoms with Crippen molar-refractivity contribution in [3.8, 4) is 0 Å². The van der Waals surface area contributed by atoms with Crippen molar-refractivity contribution in [2.75, 3.05) is 19.6 Å². The number of carbonyl (C=O) groups is 2. The monoisotopic (exact) mass is 286 g/mol. The number of nitrogens with one attached hydrogen (secondary N) is 1. The summed E-state index contributed by atoms with van der Waals surface area (Å²) in [5.41, 5.74) is -0.653. The van der Waals surface area contributed by atoms with E-state index in [9.17, 15) is 9.59 Å². The molecule has 0 aliphatic heterocycles. The number of nitrogens with zero attached hydrogens (tertiary/aromatic N) is 1. The number of Topliss-reactive ketones (excluding diaryl/α,β-unsaturated/α-hetero) is 1. The average Bonchev–Trinajstić information content (AvgIpc) is 2.22. The molecular weight excluding hydrogens is 256 g/mol. The van der Waals surface area contributed by atoms with Gasteiger partial charge in [-0.3, -0.25) is 14.5 Å². The summed E-state index contributed by atoms with van der Waals surface area (Å²) in [7, 11) is 0. The molecule has 5 nitrogen and oxygen atoms in total. The standard InChI is InChI=1S/C15H30N2O3/c1-8-17(10-12(18)19)9-11(16-15(5,6)7)13(20)14(2,3)4/h11,16H,8-10H2,1-7H3,(H,18,19). The summed E-state index contributed by atoms with van der Waals surface area (Å²) in [6.07, 6.45) is 0. The maximum Gasteiger partial charge on any atom is 0.317 e. The van der Waals surface area contributed by atoms with E-state index in [-0.39, 0.29) is 23.9 Å². The summed E-state index contributed by atoms with van der Waals surface area (Å²) in [4.78, 5) is 25.2. The highest BCUT2D eigenvalue weighted by atomic mass is 16.4. The van der Waals surface area contributed by atoms with E-state index >= 15 is 0 Å². The number of aliphatic carboxylic acids is 1. The van der Waals surface area contributed by atoms with Crippen LogP contribution in [0, 0.1) is 5.41 Å². The predicted molar refractivity (Wildman–Crippen MR) is 80.9 cm³/mol. The van der Waals surface area contributed by atoms with Crippen molar-refractivity contribution in [3.05, 3.63) is 0 Å². The van der Waals surface area contributed by atoms with Gasteiger partial charge >= 0.3 is 5.97 Å². The summed E-state index contributed by atoms with van der Waals surface area (Å²) in [6, 6.07) is -0.366. The maximum absolute atomic E-state index is 12.5. The zero-order valence-corrected chi connectivity index (χ0v) is 13.9. The lowest BCUT2D eigenvalue weighted by atomic mass is 9.85. The van der Waals surface area contributed by atoms with Crippen LogP contribution in [0.25, 0.3) is 0 Å². The van der Waals surface area contributed by atoms with Crippen LogP contribution in [0.5, 0.6) is 0 Å². The van der Waals surface area contributed by atoms with Crippen LogP contribution in [0.3, 0.4) is 0 Å². The quantitative estimate of drug-likeness (QED) is 0.746. The largest absolute Gasteiger partial charge is 0.480 e. The van der Waals surface area contributed by atoms with Gasteiger partial charge in [0.2, 0.25) is 0 Å². The topological polar surface area (TPSA) is 69.6 Å². The van der Waals surface area contributed by atoms with E-state index in [0.29, 0.717) is 13.1 Å². The molecule has 0 saturated carbocycles. The van der Waals surface area contributed by atoms with Crippen LogP contribution in [-0.2, 0) is 9.59 Å². The van der Waals surface area contributed by atoms with Gasteiger partial charge in [-0.2, -0.15) is 0 Å². The first-order valence-electron chi connectivity index (χ1n) is 7.13. The SMILES string of the molecule is CCN(CC(=O)O)CC(NC(C)(C)C)C(=O)C(C)(C)C. The molecule has 20 heavy (non-hydrogen) atoms. The van der Waals surface area contributed by atoms with Crippen molar-refractivity contribution < 1.29 is 14.7 Å². The Balaban J connectivity index is 5.02. The molecule has 0 radical (unpaired) electrons. The van der Waals surface area contributed by atoms with Crippen molar-refractivity contribution in [1.82, 2.24) is 10.2 Å². The Bertz CT molecular complexity index is 340. The normalized spacial score (nSPS) is 14.4. The number of carboxylic acids is 1. The van der Waals surface area contributed by atoms with Gasteiger partial charge in [-0.1, -0.05) is 27.7 Å². The summed E-state index contributed by atoms with van der Waals surface area (Å²) >= 11 is 0. The first kappa shape index (κ1) is 19.1. The van der Waals surface area contributed by atoms with Crippen molar-refractivity contribution in [1.29, 1.82) is 0 Å². The van der Waals surface area contributed by atoms with E-state index < -0.39 is 11.4 Å². The molecular formula is C15H30N2O3. The summed E-state index contributed by atoms with van der Waals surface area (Å²) in [6.45, 7) is 14.5. The molecule has 0 amide bonds. The lowest BCUT2D eigenvalue weighted by Gasteiger charge is -2.34. The van der Waals surface area contributed by atoms with Crippen molar-refractivity contribution in [2.24, 2.45) is 5.41 Å². The average molecular weight is 286 g/mol. The Kier molecular flexibility index (Phi) is 6.84. The summed E-state index contributed by atoms with van der Waals surface area (Å²) < 4.78 is 0. The third-order valence-corrected chi connectivity index (χ3v) is 2.91. The van der Waals surface area contributed by atoms with E-state index in [2.05, 4.69) is 5.32 Å². The van der Waals surface area contributed by atoms with Crippen LogP contribution in [0.4, 0.5) is 0 Å². The Hall–Kier alpha value is -0.940. The predicted octanol–water partition coefficient (Wildman–Crippen LogP) is 1.76. The molecule has 118 valence electrons. The molecule has 1 atom stereocenters. The first-order chi connectivity index (χ1) is 8.86. The highest BCUT2D eigenvalue weighted by Gasteiger charge is 2.33. The van der Waals surface area contributed by atoms with Gasteiger partial charge in [-0.15, -0.1) is 0 Å². The minimum Gasteiger partial charge on any atom is -0.480 e. The van der Waals surface area contributed by atoms with Crippen LogP contribution >= 0.6 is 0 Å². The van der Waals surface area contributed by atoms with E-state index in [1.54, 1.807) is 4.90 Å². The minimum atomic E-state index is -0.871. The van der Waals surface area contributed by atoms with E-state index in [1.165, 1.54) is 0 Å². The highest BCUT2D eigenvalue weighted by molar-refractivity contribution is 5.89. The van der Waals surface area contributed by atoms with Gasteiger partial charge in [0.1, 0.15) is 0 Å². The van der Waals surface area contributed by atoms with Gasteiger partial charge in [0.15, 0.2) is 5.78 Å². The first-order valence-corrected chi connectivity index (χ1v) is 7.13. The molecule has 5 heteroatoms. The summed E-state index contributed by atoms with van der Waals surface area (Å²) in [5, 5.41) is 12.2. The van der Waals surface area contributed by atoms with Crippen LogP contribution < -0.4 is 5.32 Å². The van der Waals surface area contributed by atoms with Gasteiger partial charge in [-0.25, -0.2) is 0 Å². The fourth-order valence-corrected chi connectivity index (χ4v) is 1.99. The second-order valence-electron chi connectivity index (χ2n) is 7.28. The zero-order chi connectivity index (χ0) is 16.1. The molecule has 0 heterocycles. The molecule has 0 rings (SSSR count). The smallest absolute Gasteiger partial charge is 0.317 e. The number of carbonyl (C=O) groups excluding carboxylic acids is 1. The van der Waals surface area contributed by atoms with Crippen LogP contribution in [0.15, 0.2) is 0 Å². The molecule has 0 bridgehead atoms. The lowest BCUT2D eigenvalue weighted by molar-refractivity contribution is -0.139. The lowest BCUT2D eigenvalue weighted by Crippen LogP contribution is -2.56. The molecule has 0 aromatic heterocycles. The molecule has 0 aromatic carbocycles. The van der Waals surface area contributed by atoms with E-state index in [0.717, 1.165) is 0 Å². The third kappa shape index (κ3) is 7.60. The Labute approximate surface area is 122 Å². The molecule has 0 aliphatic carbocycles. The second kappa shape index (κ2) is 7.18. The van der Waals surface area contributed by atoms with Gasteiger partial charge in [0.25, 0.3) is 0 Å². The molecule has 2 N–H and O–H groups in total. The molecule has 0 saturated heterocycles.